The van der Waals surface area contributed by atoms with E-state index < -0.39 is 0 Å². The van der Waals surface area contributed by atoms with E-state index in [4.69, 9.17) is 15.0 Å². The molecule has 4 aromatic heterocycles. The topological polar surface area (TPSA) is 53.5 Å². The van der Waals surface area contributed by atoms with Crippen LogP contribution in [0.3, 0.4) is 0 Å². The molecule has 0 bridgehead atoms. The van der Waals surface area contributed by atoms with Gasteiger partial charge in [-0.25, -0.2) is 4.98 Å². The molecular weight excluding hydrogens is 817 g/mol. The molecule has 6 heteroatoms. The van der Waals surface area contributed by atoms with Crippen molar-refractivity contribution in [3.8, 4) is 51.2 Å². The van der Waals surface area contributed by atoms with E-state index in [1.807, 2.05) is 24.3 Å². The maximum atomic E-state index is 5.46. The lowest BCUT2D eigenvalue weighted by atomic mass is 10.0. The van der Waals surface area contributed by atoms with Gasteiger partial charge in [-0.1, -0.05) is 188 Å². The molecule has 67 heavy (non-hydrogen) atoms. The molecule has 0 aliphatic heterocycles. The highest BCUT2D eigenvalue weighted by atomic mass is 15.2. The zero-order valence-electron chi connectivity index (χ0n) is 36.1. The van der Waals surface area contributed by atoms with E-state index in [0.717, 1.165) is 88.3 Å². The lowest BCUT2D eigenvalue weighted by molar-refractivity contribution is 0.953. The minimum Gasteiger partial charge on any atom is -0.309 e. The molecule has 0 saturated heterocycles. The summed E-state index contributed by atoms with van der Waals surface area (Å²) >= 11 is 0. The van der Waals surface area contributed by atoms with Crippen LogP contribution >= 0.6 is 0 Å². The fraction of sp³-hybridized carbons (Fsp3) is 0. The minimum atomic E-state index is 0.545. The Morgan fingerprint density at radius 2 is 0.746 bits per heavy atom. The Hall–Kier alpha value is -9.13. The maximum absolute atomic E-state index is 5.46. The van der Waals surface area contributed by atoms with Crippen molar-refractivity contribution in [3.63, 3.8) is 0 Å². The van der Waals surface area contributed by atoms with Gasteiger partial charge >= 0.3 is 0 Å². The highest BCUT2D eigenvalue weighted by Gasteiger charge is 2.27. The summed E-state index contributed by atoms with van der Waals surface area (Å²) in [7, 11) is 0. The molecule has 0 radical (unpaired) electrons. The third-order valence-electron chi connectivity index (χ3n) is 13.5. The van der Waals surface area contributed by atoms with Crippen LogP contribution in [0.2, 0.25) is 0 Å². The van der Waals surface area contributed by atoms with Gasteiger partial charge in [-0.3, -0.25) is 4.57 Å². The standard InChI is InChI=1S/C61H38N6/c1-3-17-39(18-4-1)41-31-33-43(34-32-41)60-62-59(42-20-5-2-6-21-42)63-61(64-60)67-53-29-15-11-25-48(53)50-38-55(66-51-27-13-9-23-46(51)47-24-10-14-28-52(47)66)56-49-26-12-16-30-54(49)65(58(56)57(50)67)45-36-35-40-19-7-8-22-44(40)37-45/h1-38H. The van der Waals surface area contributed by atoms with Gasteiger partial charge in [0.1, 0.15) is 0 Å². The summed E-state index contributed by atoms with van der Waals surface area (Å²) in [5, 5.41) is 9.30. The molecule has 0 N–H and O–H groups in total. The minimum absolute atomic E-state index is 0.545. The van der Waals surface area contributed by atoms with Gasteiger partial charge in [0, 0.05) is 49.1 Å². The molecule has 0 amide bonds. The van der Waals surface area contributed by atoms with Crippen molar-refractivity contribution in [2.24, 2.45) is 0 Å². The molecule has 10 aromatic carbocycles. The zero-order chi connectivity index (χ0) is 44.0. The van der Waals surface area contributed by atoms with Gasteiger partial charge < -0.3 is 9.13 Å². The predicted molar refractivity (Wildman–Crippen MR) is 277 cm³/mol. The third kappa shape index (κ3) is 5.73. The SMILES string of the molecule is c1ccc(-c2ccc(-c3nc(-c4ccccc4)nc(-n4c5ccccc5c5cc(-n6c7ccccc7c7ccccc76)c6c7ccccc7n(-c7ccc8ccccc8c7)c6c54)n3)cc2)cc1. The number of fused-ring (bicyclic) bond motifs is 11. The second kappa shape index (κ2) is 14.7. The Morgan fingerprint density at radius 1 is 0.284 bits per heavy atom. The number of benzene rings is 10. The van der Waals surface area contributed by atoms with Gasteiger partial charge in [0.25, 0.3) is 0 Å². The summed E-state index contributed by atoms with van der Waals surface area (Å²) < 4.78 is 7.23. The Labute approximate surface area is 384 Å². The van der Waals surface area contributed by atoms with Crippen molar-refractivity contribution in [1.29, 1.82) is 0 Å². The number of hydrogen-bond acceptors (Lipinski definition) is 3. The summed E-state index contributed by atoms with van der Waals surface area (Å²) in [5.74, 6) is 1.75. The summed E-state index contributed by atoms with van der Waals surface area (Å²) in [6, 6.07) is 82.2. The first-order chi connectivity index (χ1) is 33.2. The van der Waals surface area contributed by atoms with Crippen molar-refractivity contribution in [2.75, 3.05) is 0 Å². The molecule has 4 heterocycles. The van der Waals surface area contributed by atoms with E-state index in [1.165, 1.54) is 21.5 Å². The summed E-state index contributed by atoms with van der Waals surface area (Å²) in [5.41, 5.74) is 12.8. The van der Waals surface area contributed by atoms with E-state index in [1.54, 1.807) is 0 Å². The van der Waals surface area contributed by atoms with Crippen LogP contribution in [0.15, 0.2) is 231 Å². The molecule has 312 valence electrons. The van der Waals surface area contributed by atoms with Crippen LogP contribution in [0.1, 0.15) is 0 Å². The molecule has 0 aliphatic rings. The van der Waals surface area contributed by atoms with E-state index in [9.17, 15) is 0 Å². The van der Waals surface area contributed by atoms with Crippen LogP contribution < -0.4 is 0 Å². The molecular formula is C61H38N6. The van der Waals surface area contributed by atoms with Crippen LogP contribution in [-0.4, -0.2) is 28.7 Å². The van der Waals surface area contributed by atoms with Crippen LogP contribution in [0.4, 0.5) is 0 Å². The van der Waals surface area contributed by atoms with Crippen LogP contribution in [-0.2, 0) is 0 Å². The number of para-hydroxylation sites is 4. The van der Waals surface area contributed by atoms with Gasteiger partial charge in [0.15, 0.2) is 11.6 Å². The summed E-state index contributed by atoms with van der Waals surface area (Å²) in [4.78, 5) is 16.1. The van der Waals surface area contributed by atoms with Gasteiger partial charge in [-0.15, -0.1) is 0 Å². The normalized spacial score (nSPS) is 11.9. The first-order valence-electron chi connectivity index (χ1n) is 22.7. The molecule has 0 spiro atoms. The highest BCUT2D eigenvalue weighted by Crippen LogP contribution is 2.46. The quantitative estimate of drug-likeness (QED) is 0.167. The predicted octanol–water partition coefficient (Wildman–Crippen LogP) is 15.3. The maximum Gasteiger partial charge on any atom is 0.238 e. The first-order valence-corrected chi connectivity index (χ1v) is 22.7. The van der Waals surface area contributed by atoms with Crippen LogP contribution in [0.25, 0.3) is 127 Å². The smallest absolute Gasteiger partial charge is 0.238 e. The molecule has 0 aliphatic carbocycles. The molecule has 0 saturated carbocycles. The van der Waals surface area contributed by atoms with E-state index in [-0.39, 0.29) is 0 Å². The van der Waals surface area contributed by atoms with Crippen LogP contribution in [0, 0.1) is 0 Å². The zero-order valence-corrected chi connectivity index (χ0v) is 36.1. The number of nitrogens with zero attached hydrogens (tertiary/aromatic N) is 6. The van der Waals surface area contributed by atoms with Gasteiger partial charge in [0.05, 0.1) is 38.8 Å². The summed E-state index contributed by atoms with van der Waals surface area (Å²) in [6.07, 6.45) is 0. The largest absolute Gasteiger partial charge is 0.309 e. The number of rotatable bonds is 6. The molecule has 14 aromatic rings. The Kier molecular flexibility index (Phi) is 8.18. The second-order valence-corrected chi connectivity index (χ2v) is 17.2. The fourth-order valence-electron chi connectivity index (χ4n) is 10.5. The number of aromatic nitrogens is 6. The fourth-order valence-corrected chi connectivity index (χ4v) is 10.5. The summed E-state index contributed by atoms with van der Waals surface area (Å²) in [6.45, 7) is 0. The van der Waals surface area contributed by atoms with Crippen LogP contribution in [0.5, 0.6) is 0 Å². The third-order valence-corrected chi connectivity index (χ3v) is 13.5. The van der Waals surface area contributed by atoms with E-state index in [2.05, 4.69) is 220 Å². The molecule has 0 fully saturated rings. The lowest BCUT2D eigenvalue weighted by Gasteiger charge is -2.16. The van der Waals surface area contributed by atoms with Gasteiger partial charge in [-0.2, -0.15) is 9.97 Å². The Bertz CT molecular complexity index is 4200. The second-order valence-electron chi connectivity index (χ2n) is 17.2. The van der Waals surface area contributed by atoms with Crippen molar-refractivity contribution in [3.05, 3.63) is 231 Å². The van der Waals surface area contributed by atoms with Crippen molar-refractivity contribution >= 4 is 76.2 Å². The van der Waals surface area contributed by atoms with Gasteiger partial charge in [-0.05, 0) is 64.4 Å². The molecule has 6 nitrogen and oxygen atoms in total. The van der Waals surface area contributed by atoms with E-state index in [0.29, 0.717) is 17.6 Å². The monoisotopic (exact) mass is 854 g/mol. The molecule has 0 atom stereocenters. The van der Waals surface area contributed by atoms with Crippen molar-refractivity contribution in [2.45, 2.75) is 0 Å². The Balaban J connectivity index is 1.15. The molecule has 14 rings (SSSR count). The average molecular weight is 855 g/mol. The Morgan fingerprint density at radius 3 is 1.39 bits per heavy atom. The number of hydrogen-bond donors (Lipinski definition) is 0. The van der Waals surface area contributed by atoms with Crippen molar-refractivity contribution < 1.29 is 0 Å². The molecule has 0 unspecified atom stereocenters. The first kappa shape index (κ1) is 37.3. The average Bonchev–Trinajstić information content (AvgIpc) is 4.05. The lowest BCUT2D eigenvalue weighted by Crippen LogP contribution is -2.07. The van der Waals surface area contributed by atoms with Crippen molar-refractivity contribution in [1.82, 2.24) is 28.7 Å². The van der Waals surface area contributed by atoms with E-state index >= 15 is 0 Å². The highest BCUT2D eigenvalue weighted by molar-refractivity contribution is 6.27. The van der Waals surface area contributed by atoms with Gasteiger partial charge in [0.2, 0.25) is 5.95 Å².